The van der Waals surface area contributed by atoms with Gasteiger partial charge in [-0.25, -0.2) is 9.18 Å². The Hall–Kier alpha value is -1.61. The summed E-state index contributed by atoms with van der Waals surface area (Å²) in [5.74, 6) is -0.372. The highest BCUT2D eigenvalue weighted by Crippen LogP contribution is 2.24. The first-order valence-corrected chi connectivity index (χ1v) is 6.09. The van der Waals surface area contributed by atoms with E-state index in [2.05, 4.69) is 21.2 Å². The molecule has 0 unspecified atom stereocenters. The Balaban J connectivity index is 2.76. The van der Waals surface area contributed by atoms with E-state index in [9.17, 15) is 9.18 Å². The second kappa shape index (κ2) is 6.36. The van der Waals surface area contributed by atoms with Crippen LogP contribution in [0.15, 0.2) is 16.6 Å². The summed E-state index contributed by atoms with van der Waals surface area (Å²) in [5, 5.41) is 11.1. The molecule has 6 heteroatoms. The minimum Gasteiger partial charge on any atom is -0.327 e. The number of hydrogen-bond acceptors (Lipinski definition) is 2. The Morgan fingerprint density at radius 3 is 2.89 bits per heavy atom. The van der Waals surface area contributed by atoms with Crippen molar-refractivity contribution >= 4 is 27.6 Å². The number of nitrogens with zero attached hydrogens (tertiary/aromatic N) is 2. The highest BCUT2D eigenvalue weighted by molar-refractivity contribution is 9.10. The Bertz CT molecular complexity index is 499. The fraction of sp³-hybridized carbons (Fsp3) is 0.333. The van der Waals surface area contributed by atoms with Gasteiger partial charge in [-0.3, -0.25) is 0 Å². The van der Waals surface area contributed by atoms with Gasteiger partial charge >= 0.3 is 6.03 Å². The van der Waals surface area contributed by atoms with Crippen LogP contribution in [0.3, 0.4) is 0 Å². The maximum absolute atomic E-state index is 13.2. The number of hydrogen-bond donors (Lipinski definition) is 1. The average molecular weight is 314 g/mol. The van der Waals surface area contributed by atoms with Crippen LogP contribution in [0.1, 0.15) is 12.0 Å². The molecule has 1 aromatic rings. The van der Waals surface area contributed by atoms with Gasteiger partial charge in [-0.15, -0.1) is 0 Å². The van der Waals surface area contributed by atoms with Crippen molar-refractivity contribution in [2.24, 2.45) is 0 Å². The van der Waals surface area contributed by atoms with Crippen molar-refractivity contribution < 1.29 is 9.18 Å². The van der Waals surface area contributed by atoms with Gasteiger partial charge in [-0.2, -0.15) is 5.26 Å². The van der Waals surface area contributed by atoms with Crippen molar-refractivity contribution in [3.05, 3.63) is 28.0 Å². The first-order chi connectivity index (χ1) is 8.45. The number of carbonyl (C=O) groups is 1. The zero-order valence-corrected chi connectivity index (χ0v) is 11.7. The Morgan fingerprint density at radius 2 is 2.28 bits per heavy atom. The number of urea groups is 1. The van der Waals surface area contributed by atoms with Crippen molar-refractivity contribution in [2.45, 2.75) is 13.3 Å². The van der Waals surface area contributed by atoms with E-state index in [0.29, 0.717) is 22.3 Å². The number of amides is 2. The van der Waals surface area contributed by atoms with Crippen LogP contribution in [-0.2, 0) is 0 Å². The third-order valence-corrected chi connectivity index (χ3v) is 3.02. The van der Waals surface area contributed by atoms with Gasteiger partial charge in [-0.05, 0) is 40.5 Å². The molecular formula is C12H13BrFN3O. The Labute approximate surface area is 114 Å². The fourth-order valence-electron chi connectivity index (χ4n) is 1.31. The molecule has 18 heavy (non-hydrogen) atoms. The minimum atomic E-state index is -0.372. The lowest BCUT2D eigenvalue weighted by atomic mass is 10.2. The molecule has 0 aliphatic heterocycles. The third kappa shape index (κ3) is 3.70. The number of aryl methyl sites for hydroxylation is 1. The summed E-state index contributed by atoms with van der Waals surface area (Å²) in [6.07, 6.45) is 0.274. The molecule has 1 rings (SSSR count). The van der Waals surface area contributed by atoms with E-state index in [0.717, 1.165) is 0 Å². The van der Waals surface area contributed by atoms with Crippen molar-refractivity contribution in [1.82, 2.24) is 4.90 Å². The van der Waals surface area contributed by atoms with Gasteiger partial charge in [0, 0.05) is 19.3 Å². The SMILES string of the molecule is Cc1cc(F)c(Br)cc1NC(=O)N(C)CCC#N. The van der Waals surface area contributed by atoms with Crippen LogP contribution in [0.4, 0.5) is 14.9 Å². The van der Waals surface area contributed by atoms with E-state index in [1.54, 1.807) is 14.0 Å². The smallest absolute Gasteiger partial charge is 0.321 e. The van der Waals surface area contributed by atoms with E-state index >= 15 is 0 Å². The van der Waals surface area contributed by atoms with E-state index in [4.69, 9.17) is 5.26 Å². The van der Waals surface area contributed by atoms with Crippen LogP contribution >= 0.6 is 15.9 Å². The highest BCUT2D eigenvalue weighted by atomic mass is 79.9. The van der Waals surface area contributed by atoms with Gasteiger partial charge in [-0.1, -0.05) is 0 Å². The summed E-state index contributed by atoms with van der Waals surface area (Å²) in [7, 11) is 1.60. The van der Waals surface area contributed by atoms with Crippen LogP contribution in [0, 0.1) is 24.1 Å². The molecule has 0 aliphatic carbocycles. The molecule has 2 amide bonds. The van der Waals surface area contributed by atoms with E-state index in [1.165, 1.54) is 17.0 Å². The molecular weight excluding hydrogens is 301 g/mol. The Kier molecular flexibility index (Phi) is 5.10. The molecule has 0 bridgehead atoms. The zero-order valence-electron chi connectivity index (χ0n) is 10.1. The van der Waals surface area contributed by atoms with Gasteiger partial charge < -0.3 is 10.2 Å². The first kappa shape index (κ1) is 14.5. The lowest BCUT2D eigenvalue weighted by Gasteiger charge is -2.17. The topological polar surface area (TPSA) is 56.1 Å². The molecule has 4 nitrogen and oxygen atoms in total. The van der Waals surface area contributed by atoms with Gasteiger partial charge in [0.1, 0.15) is 5.82 Å². The van der Waals surface area contributed by atoms with E-state index < -0.39 is 0 Å². The molecule has 0 aromatic heterocycles. The second-order valence-corrected chi connectivity index (χ2v) is 4.70. The standard InChI is InChI=1S/C12H13BrFN3O/c1-8-6-10(14)9(13)7-11(8)16-12(18)17(2)5-3-4-15/h6-7H,3,5H2,1-2H3,(H,16,18). The number of benzene rings is 1. The normalized spacial score (nSPS) is 9.72. The van der Waals surface area contributed by atoms with Gasteiger partial charge in [0.15, 0.2) is 0 Å². The molecule has 0 aliphatic rings. The van der Waals surface area contributed by atoms with Crippen LogP contribution in [-0.4, -0.2) is 24.5 Å². The molecule has 0 radical (unpaired) electrons. The Morgan fingerprint density at radius 1 is 1.61 bits per heavy atom. The number of anilines is 1. The lowest BCUT2D eigenvalue weighted by molar-refractivity contribution is 0.223. The largest absolute Gasteiger partial charge is 0.327 e. The van der Waals surface area contributed by atoms with Crippen LogP contribution < -0.4 is 5.32 Å². The molecule has 0 spiro atoms. The van der Waals surface area contributed by atoms with Gasteiger partial charge in [0.25, 0.3) is 0 Å². The van der Waals surface area contributed by atoms with Gasteiger partial charge in [0.05, 0.1) is 17.0 Å². The van der Waals surface area contributed by atoms with Crippen molar-refractivity contribution in [3.8, 4) is 6.07 Å². The van der Waals surface area contributed by atoms with Crippen molar-refractivity contribution in [3.63, 3.8) is 0 Å². The first-order valence-electron chi connectivity index (χ1n) is 5.30. The van der Waals surface area contributed by atoms with Gasteiger partial charge in [0.2, 0.25) is 0 Å². The lowest BCUT2D eigenvalue weighted by Crippen LogP contribution is -2.32. The molecule has 1 N–H and O–H groups in total. The number of rotatable bonds is 3. The van der Waals surface area contributed by atoms with E-state index in [-0.39, 0.29) is 18.3 Å². The maximum Gasteiger partial charge on any atom is 0.321 e. The predicted molar refractivity (Wildman–Crippen MR) is 70.7 cm³/mol. The summed E-state index contributed by atoms with van der Waals surface area (Å²) in [5.41, 5.74) is 1.18. The van der Waals surface area contributed by atoms with Crippen molar-refractivity contribution in [2.75, 3.05) is 18.9 Å². The predicted octanol–water partition coefficient (Wildman–Crippen LogP) is 3.27. The molecule has 0 saturated heterocycles. The highest BCUT2D eigenvalue weighted by Gasteiger charge is 2.11. The van der Waals surface area contributed by atoms with Crippen molar-refractivity contribution in [1.29, 1.82) is 5.26 Å². The average Bonchev–Trinajstić information content (AvgIpc) is 2.32. The molecule has 0 atom stereocenters. The summed E-state index contributed by atoms with van der Waals surface area (Å²) in [6, 6.07) is 4.50. The summed E-state index contributed by atoms with van der Waals surface area (Å²) < 4.78 is 13.5. The zero-order chi connectivity index (χ0) is 13.7. The maximum atomic E-state index is 13.2. The van der Waals surface area contributed by atoms with Crippen LogP contribution in [0.5, 0.6) is 0 Å². The molecule has 0 saturated carbocycles. The number of nitrogens with one attached hydrogen (secondary N) is 1. The summed E-state index contributed by atoms with van der Waals surface area (Å²) in [6.45, 7) is 2.06. The second-order valence-electron chi connectivity index (χ2n) is 3.84. The number of carbonyl (C=O) groups excluding carboxylic acids is 1. The van der Waals surface area contributed by atoms with E-state index in [1.807, 2.05) is 6.07 Å². The van der Waals surface area contributed by atoms with Crippen LogP contribution in [0.2, 0.25) is 0 Å². The number of nitriles is 1. The summed E-state index contributed by atoms with van der Waals surface area (Å²) >= 11 is 3.07. The third-order valence-electron chi connectivity index (χ3n) is 2.41. The van der Waals surface area contributed by atoms with Crippen LogP contribution in [0.25, 0.3) is 0 Å². The molecule has 96 valence electrons. The quantitative estimate of drug-likeness (QED) is 0.931. The summed E-state index contributed by atoms with van der Waals surface area (Å²) in [4.78, 5) is 13.2. The fourth-order valence-corrected chi connectivity index (χ4v) is 1.65. The minimum absolute atomic E-state index is 0.274. The monoisotopic (exact) mass is 313 g/mol. The molecule has 1 aromatic carbocycles. The molecule has 0 heterocycles. The molecule has 0 fully saturated rings. The number of halogens is 2.